The van der Waals surface area contributed by atoms with Gasteiger partial charge in [-0.3, -0.25) is 9.89 Å². The molecule has 0 saturated heterocycles. The molecule has 2 N–H and O–H groups in total. The summed E-state index contributed by atoms with van der Waals surface area (Å²) in [6, 6.07) is 5.28. The van der Waals surface area contributed by atoms with Crippen LogP contribution in [0.2, 0.25) is 0 Å². The lowest BCUT2D eigenvalue weighted by molar-refractivity contribution is 0.0940. The van der Waals surface area contributed by atoms with E-state index in [0.29, 0.717) is 5.56 Å². The second-order valence-electron chi connectivity index (χ2n) is 5.11. The molecule has 0 radical (unpaired) electrons. The Kier molecular flexibility index (Phi) is 3.21. The van der Waals surface area contributed by atoms with Crippen LogP contribution in [-0.2, 0) is 0 Å². The van der Waals surface area contributed by atoms with Crippen LogP contribution < -0.4 is 5.32 Å². The summed E-state index contributed by atoms with van der Waals surface area (Å²) in [5.74, 6) is 0.586. The van der Waals surface area contributed by atoms with Crippen LogP contribution in [0.25, 0.3) is 10.9 Å². The van der Waals surface area contributed by atoms with Gasteiger partial charge in [-0.05, 0) is 32.9 Å². The van der Waals surface area contributed by atoms with Crippen molar-refractivity contribution in [3.63, 3.8) is 0 Å². The highest BCUT2D eigenvalue weighted by Crippen LogP contribution is 2.21. The Morgan fingerprint density at radius 1 is 1.38 bits per heavy atom. The zero-order valence-electron chi connectivity index (χ0n) is 12.1. The Labute approximate surface area is 121 Å². The number of hydrogen-bond donors (Lipinski definition) is 2. The number of rotatable bonds is 3. The summed E-state index contributed by atoms with van der Waals surface area (Å²) in [6.45, 7) is 5.62. The number of aryl methyl sites for hydroxylation is 2. The summed E-state index contributed by atoms with van der Waals surface area (Å²) in [4.78, 5) is 12.3. The van der Waals surface area contributed by atoms with Gasteiger partial charge in [0.1, 0.15) is 5.76 Å². The van der Waals surface area contributed by atoms with Crippen molar-refractivity contribution in [2.45, 2.75) is 26.8 Å². The Hall–Kier alpha value is -2.63. The van der Waals surface area contributed by atoms with E-state index in [1.54, 1.807) is 18.3 Å². The van der Waals surface area contributed by atoms with Gasteiger partial charge in [-0.2, -0.15) is 5.10 Å². The number of H-pyrrole nitrogens is 1. The molecule has 3 rings (SSSR count). The summed E-state index contributed by atoms with van der Waals surface area (Å²) in [5.41, 5.74) is 3.15. The molecule has 2 heterocycles. The molecule has 6 nitrogen and oxygen atoms in total. The van der Waals surface area contributed by atoms with Crippen LogP contribution >= 0.6 is 0 Å². The molecule has 6 heteroatoms. The minimum atomic E-state index is -0.166. The number of nitrogens with one attached hydrogen (secondary N) is 2. The first-order chi connectivity index (χ1) is 10.1. The minimum Gasteiger partial charge on any atom is -0.361 e. The van der Waals surface area contributed by atoms with E-state index >= 15 is 0 Å². The average Bonchev–Trinajstić information content (AvgIpc) is 3.04. The van der Waals surface area contributed by atoms with Crippen molar-refractivity contribution in [1.29, 1.82) is 0 Å². The monoisotopic (exact) mass is 284 g/mol. The van der Waals surface area contributed by atoms with Gasteiger partial charge in [-0.1, -0.05) is 11.2 Å². The lowest BCUT2D eigenvalue weighted by Gasteiger charge is -2.13. The SMILES string of the molecule is Cc1noc(C)c1C(C)NC(=O)c1ccc2cn[nH]c2c1. The van der Waals surface area contributed by atoms with Gasteiger partial charge in [0.15, 0.2) is 0 Å². The van der Waals surface area contributed by atoms with Gasteiger partial charge >= 0.3 is 0 Å². The van der Waals surface area contributed by atoms with Crippen molar-refractivity contribution < 1.29 is 9.32 Å². The van der Waals surface area contributed by atoms with Crippen molar-refractivity contribution in [3.8, 4) is 0 Å². The minimum absolute atomic E-state index is 0.140. The van der Waals surface area contributed by atoms with E-state index in [4.69, 9.17) is 4.52 Å². The van der Waals surface area contributed by atoms with E-state index in [1.807, 2.05) is 26.8 Å². The van der Waals surface area contributed by atoms with Crippen molar-refractivity contribution in [2.75, 3.05) is 0 Å². The van der Waals surface area contributed by atoms with Crippen LogP contribution in [0.4, 0.5) is 0 Å². The molecule has 0 aliphatic heterocycles. The standard InChI is InChI=1S/C15H16N4O2/c1-8(14-9(2)19-21-10(14)3)17-15(20)11-4-5-12-7-16-18-13(12)6-11/h4-8H,1-3H3,(H,16,18)(H,17,20). The van der Waals surface area contributed by atoms with Gasteiger partial charge in [0.2, 0.25) is 0 Å². The molecule has 0 fully saturated rings. The largest absolute Gasteiger partial charge is 0.361 e. The van der Waals surface area contributed by atoms with Crippen LogP contribution in [0, 0.1) is 13.8 Å². The smallest absolute Gasteiger partial charge is 0.251 e. The Balaban J connectivity index is 1.82. The van der Waals surface area contributed by atoms with Gasteiger partial charge in [0.05, 0.1) is 23.4 Å². The van der Waals surface area contributed by atoms with Gasteiger partial charge in [-0.25, -0.2) is 0 Å². The number of aromatic nitrogens is 3. The van der Waals surface area contributed by atoms with E-state index in [9.17, 15) is 4.79 Å². The summed E-state index contributed by atoms with van der Waals surface area (Å²) < 4.78 is 5.14. The number of amides is 1. The topological polar surface area (TPSA) is 83.8 Å². The number of carbonyl (C=O) groups excluding carboxylic acids is 1. The quantitative estimate of drug-likeness (QED) is 0.774. The zero-order valence-corrected chi connectivity index (χ0v) is 12.1. The second-order valence-corrected chi connectivity index (χ2v) is 5.11. The number of fused-ring (bicyclic) bond motifs is 1. The van der Waals surface area contributed by atoms with E-state index in [2.05, 4.69) is 20.7 Å². The van der Waals surface area contributed by atoms with Gasteiger partial charge in [0, 0.05) is 16.5 Å². The highest BCUT2D eigenvalue weighted by molar-refractivity contribution is 5.97. The number of hydrogen-bond acceptors (Lipinski definition) is 4. The Bertz CT molecular complexity index is 783. The third-order valence-corrected chi connectivity index (χ3v) is 3.57. The van der Waals surface area contributed by atoms with Crippen molar-refractivity contribution in [1.82, 2.24) is 20.7 Å². The Morgan fingerprint density at radius 2 is 2.19 bits per heavy atom. The van der Waals surface area contributed by atoms with Crippen LogP contribution in [-0.4, -0.2) is 21.3 Å². The maximum atomic E-state index is 12.3. The lowest BCUT2D eigenvalue weighted by atomic mass is 10.1. The van der Waals surface area contributed by atoms with Gasteiger partial charge in [-0.15, -0.1) is 0 Å². The predicted octanol–water partition coefficient (Wildman–Crippen LogP) is 2.66. The average molecular weight is 284 g/mol. The molecular weight excluding hydrogens is 268 g/mol. The summed E-state index contributed by atoms with van der Waals surface area (Å²) in [5, 5.41) is 14.7. The van der Waals surface area contributed by atoms with Crippen molar-refractivity contribution in [2.24, 2.45) is 0 Å². The van der Waals surface area contributed by atoms with Crippen LogP contribution in [0.3, 0.4) is 0 Å². The molecule has 1 aromatic carbocycles. The normalized spacial score (nSPS) is 12.5. The molecule has 0 aliphatic rings. The van der Waals surface area contributed by atoms with Crippen LogP contribution in [0.1, 0.15) is 40.3 Å². The molecule has 3 aromatic rings. The molecule has 0 aliphatic carbocycles. The molecule has 21 heavy (non-hydrogen) atoms. The molecule has 0 spiro atoms. The van der Waals surface area contributed by atoms with E-state index in [1.165, 1.54) is 0 Å². The van der Waals surface area contributed by atoms with E-state index < -0.39 is 0 Å². The lowest BCUT2D eigenvalue weighted by Crippen LogP contribution is -2.27. The zero-order chi connectivity index (χ0) is 15.0. The fourth-order valence-corrected chi connectivity index (χ4v) is 2.54. The third-order valence-electron chi connectivity index (χ3n) is 3.57. The number of benzene rings is 1. The molecule has 108 valence electrons. The van der Waals surface area contributed by atoms with E-state index in [-0.39, 0.29) is 11.9 Å². The first-order valence-electron chi connectivity index (χ1n) is 6.73. The van der Waals surface area contributed by atoms with Crippen molar-refractivity contribution >= 4 is 16.8 Å². The maximum absolute atomic E-state index is 12.3. The number of aromatic amines is 1. The molecule has 2 aromatic heterocycles. The maximum Gasteiger partial charge on any atom is 0.251 e. The second kappa shape index (κ2) is 5.05. The fourth-order valence-electron chi connectivity index (χ4n) is 2.54. The predicted molar refractivity (Wildman–Crippen MR) is 78.0 cm³/mol. The molecule has 1 atom stereocenters. The first-order valence-corrected chi connectivity index (χ1v) is 6.73. The first kappa shape index (κ1) is 13.4. The van der Waals surface area contributed by atoms with Gasteiger partial charge in [0.25, 0.3) is 5.91 Å². The number of carbonyl (C=O) groups is 1. The molecule has 1 amide bonds. The van der Waals surface area contributed by atoms with Crippen LogP contribution in [0.15, 0.2) is 28.9 Å². The summed E-state index contributed by atoms with van der Waals surface area (Å²) in [6.07, 6.45) is 1.73. The highest BCUT2D eigenvalue weighted by Gasteiger charge is 2.19. The highest BCUT2D eigenvalue weighted by atomic mass is 16.5. The fraction of sp³-hybridized carbons (Fsp3) is 0.267. The number of nitrogens with zero attached hydrogens (tertiary/aromatic N) is 2. The summed E-state index contributed by atoms with van der Waals surface area (Å²) in [7, 11) is 0. The van der Waals surface area contributed by atoms with E-state index in [0.717, 1.165) is 27.9 Å². The molecule has 0 bridgehead atoms. The van der Waals surface area contributed by atoms with Gasteiger partial charge < -0.3 is 9.84 Å². The van der Waals surface area contributed by atoms with Crippen molar-refractivity contribution in [3.05, 3.63) is 47.0 Å². The molecular formula is C15H16N4O2. The Morgan fingerprint density at radius 3 is 2.90 bits per heavy atom. The molecule has 0 saturated carbocycles. The molecule has 1 unspecified atom stereocenters. The van der Waals surface area contributed by atoms with Crippen LogP contribution in [0.5, 0.6) is 0 Å². The summed E-state index contributed by atoms with van der Waals surface area (Å²) >= 11 is 0. The third kappa shape index (κ3) is 2.40.